The third-order valence-corrected chi connectivity index (χ3v) is 3.88. The molecule has 4 heteroatoms. The number of benzene rings is 3. The van der Waals surface area contributed by atoms with E-state index in [1.807, 2.05) is 61.5 Å². The minimum absolute atomic E-state index is 0.190. The molecule has 0 saturated carbocycles. The van der Waals surface area contributed by atoms with Crippen LogP contribution in [0.4, 0.5) is 5.69 Å². The van der Waals surface area contributed by atoms with Crippen molar-refractivity contribution >= 4 is 34.0 Å². The first-order valence-electron chi connectivity index (χ1n) is 7.41. The Balaban J connectivity index is 1.98. The summed E-state index contributed by atoms with van der Waals surface area (Å²) in [6.07, 6.45) is 0. The first-order chi connectivity index (χ1) is 11.2. The molecule has 3 aromatic carbocycles. The normalized spacial score (nSPS) is 10.5. The van der Waals surface area contributed by atoms with Gasteiger partial charge in [0, 0.05) is 16.0 Å². The summed E-state index contributed by atoms with van der Waals surface area (Å²) in [6.45, 7) is 2.45. The number of ether oxygens (including phenoxy) is 1. The Morgan fingerprint density at radius 1 is 1.00 bits per heavy atom. The average molecular weight is 326 g/mol. The van der Waals surface area contributed by atoms with Gasteiger partial charge < -0.3 is 10.1 Å². The molecule has 0 unspecified atom stereocenters. The number of para-hydroxylation sites is 2. The van der Waals surface area contributed by atoms with Gasteiger partial charge in [-0.1, -0.05) is 48.0 Å². The van der Waals surface area contributed by atoms with E-state index in [2.05, 4.69) is 5.32 Å². The summed E-state index contributed by atoms with van der Waals surface area (Å²) >= 11 is 6.21. The van der Waals surface area contributed by atoms with Gasteiger partial charge in [-0.3, -0.25) is 4.79 Å². The molecule has 0 radical (unpaired) electrons. The van der Waals surface area contributed by atoms with Gasteiger partial charge in [-0.2, -0.15) is 0 Å². The summed E-state index contributed by atoms with van der Waals surface area (Å²) in [5, 5.41) is 5.23. The Morgan fingerprint density at radius 2 is 1.74 bits per heavy atom. The fourth-order valence-corrected chi connectivity index (χ4v) is 2.75. The Bertz CT molecular complexity index is 861. The van der Waals surface area contributed by atoms with Crippen molar-refractivity contribution in [2.45, 2.75) is 6.92 Å². The fourth-order valence-electron chi connectivity index (χ4n) is 2.51. The predicted molar refractivity (Wildman–Crippen MR) is 94.5 cm³/mol. The van der Waals surface area contributed by atoms with Crippen LogP contribution in [0.5, 0.6) is 5.75 Å². The van der Waals surface area contributed by atoms with Crippen molar-refractivity contribution in [1.82, 2.24) is 0 Å². The summed E-state index contributed by atoms with van der Waals surface area (Å²) < 4.78 is 5.54. The van der Waals surface area contributed by atoms with Gasteiger partial charge >= 0.3 is 0 Å². The second-order valence-electron chi connectivity index (χ2n) is 5.02. The molecule has 0 aliphatic carbocycles. The zero-order valence-corrected chi connectivity index (χ0v) is 13.4. The predicted octanol–water partition coefficient (Wildman–Crippen LogP) is 5.14. The van der Waals surface area contributed by atoms with Gasteiger partial charge in [-0.25, -0.2) is 0 Å². The highest BCUT2D eigenvalue weighted by molar-refractivity contribution is 6.36. The van der Waals surface area contributed by atoms with Crippen LogP contribution in [-0.4, -0.2) is 12.5 Å². The van der Waals surface area contributed by atoms with Crippen LogP contribution in [-0.2, 0) is 0 Å². The van der Waals surface area contributed by atoms with E-state index >= 15 is 0 Å². The summed E-state index contributed by atoms with van der Waals surface area (Å²) in [6, 6.07) is 18.5. The van der Waals surface area contributed by atoms with Crippen LogP contribution in [0.1, 0.15) is 17.3 Å². The van der Waals surface area contributed by atoms with Crippen molar-refractivity contribution < 1.29 is 9.53 Å². The molecule has 0 saturated heterocycles. The van der Waals surface area contributed by atoms with Crippen LogP contribution >= 0.6 is 11.6 Å². The summed E-state index contributed by atoms with van der Waals surface area (Å²) in [5.41, 5.74) is 1.23. The molecule has 0 bridgehead atoms. The number of carbonyl (C=O) groups excluding carboxylic acids is 1. The SMILES string of the molecule is CCOc1ccccc1NC(=O)c1cccc2c(Cl)cccc12. The lowest BCUT2D eigenvalue weighted by Gasteiger charge is -2.12. The van der Waals surface area contributed by atoms with Crippen molar-refractivity contribution in [1.29, 1.82) is 0 Å². The molecule has 116 valence electrons. The highest BCUT2D eigenvalue weighted by Gasteiger charge is 2.13. The quantitative estimate of drug-likeness (QED) is 0.721. The van der Waals surface area contributed by atoms with Gasteiger partial charge in [0.2, 0.25) is 0 Å². The molecule has 1 N–H and O–H groups in total. The van der Waals surface area contributed by atoms with E-state index in [0.717, 1.165) is 10.8 Å². The Hall–Kier alpha value is -2.52. The van der Waals surface area contributed by atoms with Gasteiger partial charge in [0.15, 0.2) is 0 Å². The lowest BCUT2D eigenvalue weighted by molar-refractivity contribution is 0.102. The summed E-state index contributed by atoms with van der Waals surface area (Å²) in [5.74, 6) is 0.464. The molecule has 0 atom stereocenters. The van der Waals surface area contributed by atoms with Gasteiger partial charge in [-0.15, -0.1) is 0 Å². The third kappa shape index (κ3) is 3.15. The molecule has 0 aliphatic heterocycles. The number of carbonyl (C=O) groups is 1. The maximum atomic E-state index is 12.7. The number of anilines is 1. The molecule has 3 rings (SSSR count). The van der Waals surface area contributed by atoms with Gasteiger partial charge in [0.05, 0.1) is 12.3 Å². The second-order valence-corrected chi connectivity index (χ2v) is 5.43. The van der Waals surface area contributed by atoms with Crippen molar-refractivity contribution in [3.63, 3.8) is 0 Å². The third-order valence-electron chi connectivity index (χ3n) is 3.55. The van der Waals surface area contributed by atoms with Crippen molar-refractivity contribution in [3.8, 4) is 5.75 Å². The number of nitrogens with one attached hydrogen (secondary N) is 1. The zero-order valence-electron chi connectivity index (χ0n) is 12.7. The van der Waals surface area contributed by atoms with E-state index in [1.54, 1.807) is 6.07 Å². The molecule has 0 spiro atoms. The summed E-state index contributed by atoms with van der Waals surface area (Å²) in [4.78, 5) is 12.7. The first-order valence-corrected chi connectivity index (χ1v) is 7.79. The van der Waals surface area contributed by atoms with Crippen LogP contribution in [0.25, 0.3) is 10.8 Å². The molecule has 1 amide bonds. The van der Waals surface area contributed by atoms with E-state index in [4.69, 9.17) is 16.3 Å². The van der Waals surface area contributed by atoms with Crippen LogP contribution in [0.2, 0.25) is 5.02 Å². The smallest absolute Gasteiger partial charge is 0.256 e. The standard InChI is InChI=1S/C19H16ClNO2/c1-2-23-18-12-4-3-11-17(18)21-19(22)15-9-5-8-14-13(15)7-6-10-16(14)20/h3-12H,2H2,1H3,(H,21,22). The van der Waals surface area contributed by atoms with Crippen molar-refractivity contribution in [3.05, 3.63) is 71.2 Å². The second kappa shape index (κ2) is 6.71. The molecule has 0 fully saturated rings. The number of fused-ring (bicyclic) bond motifs is 1. The van der Waals surface area contributed by atoms with E-state index in [-0.39, 0.29) is 5.91 Å². The zero-order chi connectivity index (χ0) is 16.2. The fraction of sp³-hybridized carbons (Fsp3) is 0.105. The van der Waals surface area contributed by atoms with Crippen molar-refractivity contribution in [2.75, 3.05) is 11.9 Å². The summed E-state index contributed by atoms with van der Waals surface area (Å²) in [7, 11) is 0. The molecular formula is C19H16ClNO2. The van der Waals surface area contributed by atoms with Crippen LogP contribution < -0.4 is 10.1 Å². The Morgan fingerprint density at radius 3 is 2.57 bits per heavy atom. The number of amides is 1. The minimum Gasteiger partial charge on any atom is -0.492 e. The van der Waals surface area contributed by atoms with Gasteiger partial charge in [0.25, 0.3) is 5.91 Å². The maximum absolute atomic E-state index is 12.7. The number of halogens is 1. The largest absolute Gasteiger partial charge is 0.492 e. The van der Waals surface area contributed by atoms with Gasteiger partial charge in [0.1, 0.15) is 5.75 Å². The highest BCUT2D eigenvalue weighted by Crippen LogP contribution is 2.28. The minimum atomic E-state index is -0.190. The molecule has 0 aromatic heterocycles. The van der Waals surface area contributed by atoms with Gasteiger partial charge in [-0.05, 0) is 36.6 Å². The number of hydrogen-bond donors (Lipinski definition) is 1. The molecule has 0 heterocycles. The van der Waals surface area contributed by atoms with Crippen molar-refractivity contribution in [2.24, 2.45) is 0 Å². The maximum Gasteiger partial charge on any atom is 0.256 e. The lowest BCUT2D eigenvalue weighted by atomic mass is 10.0. The van der Waals surface area contributed by atoms with E-state index < -0.39 is 0 Å². The van der Waals surface area contributed by atoms with E-state index in [9.17, 15) is 4.79 Å². The van der Waals surface area contributed by atoms with E-state index in [0.29, 0.717) is 28.6 Å². The van der Waals surface area contributed by atoms with Crippen LogP contribution in [0.15, 0.2) is 60.7 Å². The molecule has 3 nitrogen and oxygen atoms in total. The topological polar surface area (TPSA) is 38.3 Å². The Kier molecular flexibility index (Phi) is 4.49. The number of hydrogen-bond acceptors (Lipinski definition) is 2. The number of rotatable bonds is 4. The molecule has 3 aromatic rings. The van der Waals surface area contributed by atoms with E-state index in [1.165, 1.54) is 0 Å². The van der Waals surface area contributed by atoms with Crippen LogP contribution in [0, 0.1) is 0 Å². The molecule has 23 heavy (non-hydrogen) atoms. The Labute approximate surface area is 139 Å². The molecule has 0 aliphatic rings. The monoisotopic (exact) mass is 325 g/mol. The molecular weight excluding hydrogens is 310 g/mol. The highest BCUT2D eigenvalue weighted by atomic mass is 35.5. The van der Waals surface area contributed by atoms with Crippen LogP contribution in [0.3, 0.4) is 0 Å². The first kappa shape index (κ1) is 15.4. The average Bonchev–Trinajstić information content (AvgIpc) is 2.57. The lowest BCUT2D eigenvalue weighted by Crippen LogP contribution is -2.13.